The highest BCUT2D eigenvalue weighted by Crippen LogP contribution is 2.67. The first-order valence-electron chi connectivity index (χ1n) is 13.7. The Labute approximate surface area is 192 Å². The molecule has 3 saturated carbocycles. The molecule has 10 atom stereocenters. The standard InChI is InChI=1S/C29H50O2/c1-7-20(18(2)3)9-8-19(4)23-10-11-24-27-25(13-15-29(23,24)6)28(5)14-12-22(30)16-21(28)17-26(27)31/h17-20,22-27,30-31H,7-16H2,1-6H3/t19-,20-,22+,23+,24+,25-,26-,27+,28-,29-/m1/s1. The topological polar surface area (TPSA) is 40.5 Å². The minimum atomic E-state index is -0.303. The van der Waals surface area contributed by atoms with Crippen LogP contribution in [0.5, 0.6) is 0 Å². The molecule has 0 aromatic carbocycles. The predicted molar refractivity (Wildman–Crippen MR) is 130 cm³/mol. The van der Waals surface area contributed by atoms with Gasteiger partial charge in [-0.05, 0) is 104 Å². The lowest BCUT2D eigenvalue weighted by Crippen LogP contribution is -2.54. The summed E-state index contributed by atoms with van der Waals surface area (Å²) in [5.41, 5.74) is 1.97. The molecule has 2 N–H and O–H groups in total. The Morgan fingerprint density at radius 3 is 2.39 bits per heavy atom. The third-order valence-corrected chi connectivity index (χ3v) is 11.3. The van der Waals surface area contributed by atoms with Gasteiger partial charge in [-0.3, -0.25) is 0 Å². The van der Waals surface area contributed by atoms with Crippen molar-refractivity contribution in [1.82, 2.24) is 0 Å². The molecule has 2 heteroatoms. The number of aliphatic hydroxyl groups excluding tert-OH is 2. The molecule has 0 unspecified atom stereocenters. The lowest BCUT2D eigenvalue weighted by Gasteiger charge is -2.59. The van der Waals surface area contributed by atoms with Gasteiger partial charge in [-0.15, -0.1) is 0 Å². The fraction of sp³-hybridized carbons (Fsp3) is 0.931. The number of aliphatic hydroxyl groups is 2. The van der Waals surface area contributed by atoms with Gasteiger partial charge in [0.1, 0.15) is 0 Å². The fourth-order valence-corrected chi connectivity index (χ4v) is 9.29. The monoisotopic (exact) mass is 430 g/mol. The molecule has 2 nitrogen and oxygen atoms in total. The average molecular weight is 431 g/mol. The van der Waals surface area contributed by atoms with Crippen molar-refractivity contribution in [3.05, 3.63) is 11.6 Å². The molecule has 0 aromatic rings. The Bertz CT molecular complexity index is 668. The largest absolute Gasteiger partial charge is 0.393 e. The Morgan fingerprint density at radius 1 is 0.968 bits per heavy atom. The smallest absolute Gasteiger partial charge is 0.0757 e. The molecule has 0 spiro atoms. The first-order valence-corrected chi connectivity index (χ1v) is 13.7. The molecular formula is C29H50O2. The molecule has 0 aliphatic heterocycles. The highest BCUT2D eigenvalue weighted by atomic mass is 16.3. The van der Waals surface area contributed by atoms with E-state index in [0.29, 0.717) is 23.2 Å². The molecule has 4 aliphatic rings. The molecule has 0 radical (unpaired) electrons. The van der Waals surface area contributed by atoms with Crippen molar-refractivity contribution in [3.63, 3.8) is 0 Å². The normalized spacial score (nSPS) is 46.7. The summed E-state index contributed by atoms with van der Waals surface area (Å²) in [7, 11) is 0. The highest BCUT2D eigenvalue weighted by molar-refractivity contribution is 5.27. The Morgan fingerprint density at radius 2 is 1.71 bits per heavy atom. The van der Waals surface area contributed by atoms with Gasteiger partial charge in [0.2, 0.25) is 0 Å². The zero-order valence-electron chi connectivity index (χ0n) is 21.2. The number of fused-ring (bicyclic) bond motifs is 5. The van der Waals surface area contributed by atoms with E-state index in [1.54, 1.807) is 0 Å². The van der Waals surface area contributed by atoms with E-state index in [-0.39, 0.29) is 17.6 Å². The van der Waals surface area contributed by atoms with E-state index in [1.165, 1.54) is 50.5 Å². The van der Waals surface area contributed by atoms with Crippen LogP contribution in [0, 0.1) is 52.3 Å². The molecule has 31 heavy (non-hydrogen) atoms. The third-order valence-electron chi connectivity index (χ3n) is 11.3. The van der Waals surface area contributed by atoms with Gasteiger partial charge >= 0.3 is 0 Å². The van der Waals surface area contributed by atoms with Gasteiger partial charge in [0, 0.05) is 0 Å². The van der Waals surface area contributed by atoms with Gasteiger partial charge in [-0.2, -0.15) is 0 Å². The minimum Gasteiger partial charge on any atom is -0.393 e. The van der Waals surface area contributed by atoms with Crippen LogP contribution in [-0.2, 0) is 0 Å². The van der Waals surface area contributed by atoms with Crippen molar-refractivity contribution in [1.29, 1.82) is 0 Å². The van der Waals surface area contributed by atoms with Crippen LogP contribution in [0.1, 0.15) is 106 Å². The second kappa shape index (κ2) is 8.79. The fourth-order valence-electron chi connectivity index (χ4n) is 9.29. The molecular weight excluding hydrogens is 380 g/mol. The third kappa shape index (κ3) is 3.96. The van der Waals surface area contributed by atoms with Gasteiger partial charge in [0.25, 0.3) is 0 Å². The molecule has 0 bridgehead atoms. The van der Waals surface area contributed by atoms with Gasteiger partial charge in [-0.25, -0.2) is 0 Å². The molecule has 4 rings (SSSR count). The summed E-state index contributed by atoms with van der Waals surface area (Å²) in [5.74, 6) is 4.99. The van der Waals surface area contributed by atoms with Crippen LogP contribution in [0.25, 0.3) is 0 Å². The van der Waals surface area contributed by atoms with Crippen molar-refractivity contribution in [2.45, 2.75) is 118 Å². The van der Waals surface area contributed by atoms with E-state index in [9.17, 15) is 10.2 Å². The van der Waals surface area contributed by atoms with Crippen LogP contribution < -0.4 is 0 Å². The van der Waals surface area contributed by atoms with Crippen molar-refractivity contribution in [2.75, 3.05) is 0 Å². The van der Waals surface area contributed by atoms with Gasteiger partial charge < -0.3 is 10.2 Å². The van der Waals surface area contributed by atoms with Crippen LogP contribution in [0.2, 0.25) is 0 Å². The highest BCUT2D eigenvalue weighted by Gasteiger charge is 2.61. The van der Waals surface area contributed by atoms with E-state index in [2.05, 4.69) is 47.6 Å². The number of hydrogen-bond donors (Lipinski definition) is 2. The van der Waals surface area contributed by atoms with Gasteiger partial charge in [0.05, 0.1) is 12.2 Å². The van der Waals surface area contributed by atoms with Crippen molar-refractivity contribution < 1.29 is 10.2 Å². The maximum atomic E-state index is 11.3. The van der Waals surface area contributed by atoms with Crippen LogP contribution >= 0.6 is 0 Å². The number of rotatable bonds is 6. The van der Waals surface area contributed by atoms with E-state index >= 15 is 0 Å². The summed E-state index contributed by atoms with van der Waals surface area (Å²) in [6, 6.07) is 0. The maximum Gasteiger partial charge on any atom is 0.0757 e. The summed E-state index contributed by atoms with van der Waals surface area (Å²) in [4.78, 5) is 0. The van der Waals surface area contributed by atoms with Crippen LogP contribution in [0.15, 0.2) is 11.6 Å². The molecule has 0 heterocycles. The quantitative estimate of drug-likeness (QED) is 0.446. The second-order valence-electron chi connectivity index (χ2n) is 13.0. The van der Waals surface area contributed by atoms with Crippen molar-refractivity contribution >= 4 is 0 Å². The van der Waals surface area contributed by atoms with Crippen molar-refractivity contribution in [2.24, 2.45) is 52.3 Å². The molecule has 178 valence electrons. The summed E-state index contributed by atoms with van der Waals surface area (Å²) in [6.07, 6.45) is 13.9. The Balaban J connectivity index is 1.52. The van der Waals surface area contributed by atoms with E-state index in [4.69, 9.17) is 0 Å². The summed E-state index contributed by atoms with van der Waals surface area (Å²) < 4.78 is 0. The zero-order valence-corrected chi connectivity index (χ0v) is 21.2. The SMILES string of the molecule is CC[C@H](CC[C@@H](C)[C@@H]1CC[C@H]2[C@@H]3[C@H](O)C=C4C[C@@H](O)CC[C@@]4(C)[C@@H]3CC[C@@]21C)C(C)C. The lowest BCUT2D eigenvalue weighted by molar-refractivity contribution is -0.0972. The minimum absolute atomic E-state index is 0.202. The van der Waals surface area contributed by atoms with Crippen molar-refractivity contribution in [3.8, 4) is 0 Å². The summed E-state index contributed by atoms with van der Waals surface area (Å²) in [6.45, 7) is 14.7. The van der Waals surface area contributed by atoms with Crippen LogP contribution in [-0.4, -0.2) is 22.4 Å². The first-order chi connectivity index (χ1) is 14.6. The van der Waals surface area contributed by atoms with Gasteiger partial charge in [0.15, 0.2) is 0 Å². The maximum absolute atomic E-state index is 11.3. The van der Waals surface area contributed by atoms with Crippen LogP contribution in [0.4, 0.5) is 0 Å². The summed E-state index contributed by atoms with van der Waals surface area (Å²) >= 11 is 0. The Kier molecular flexibility index (Phi) is 6.75. The lowest BCUT2D eigenvalue weighted by atomic mass is 9.46. The van der Waals surface area contributed by atoms with E-state index < -0.39 is 0 Å². The predicted octanol–water partition coefficient (Wildman–Crippen LogP) is 7.00. The summed E-state index contributed by atoms with van der Waals surface area (Å²) in [5, 5.41) is 21.6. The molecule has 4 aliphatic carbocycles. The molecule has 0 aromatic heterocycles. The van der Waals surface area contributed by atoms with Crippen LogP contribution in [0.3, 0.4) is 0 Å². The molecule has 0 saturated heterocycles. The first kappa shape index (κ1) is 23.8. The molecule has 3 fully saturated rings. The van der Waals surface area contributed by atoms with E-state index in [1.807, 2.05) is 0 Å². The second-order valence-corrected chi connectivity index (χ2v) is 13.0. The zero-order chi connectivity index (χ0) is 22.6. The number of hydrogen-bond acceptors (Lipinski definition) is 2. The molecule has 0 amide bonds. The van der Waals surface area contributed by atoms with Gasteiger partial charge in [-0.1, -0.05) is 66.0 Å². The average Bonchev–Trinajstić information content (AvgIpc) is 3.06. The Hall–Kier alpha value is -0.340. The van der Waals surface area contributed by atoms with E-state index in [0.717, 1.165) is 42.9 Å².